The summed E-state index contributed by atoms with van der Waals surface area (Å²) >= 11 is 0. The molecular weight excluding hydrogens is 229 g/mol. The molecule has 0 bridgehead atoms. The van der Waals surface area contributed by atoms with E-state index in [0.29, 0.717) is 12.5 Å². The molecule has 1 aromatic rings. The summed E-state index contributed by atoms with van der Waals surface area (Å²) in [6.07, 6.45) is 3.27. The Hall–Kier alpha value is -0.930. The zero-order valence-corrected chi connectivity index (χ0v) is 11.6. The fourth-order valence-electron chi connectivity index (χ4n) is 1.71. The fourth-order valence-corrected chi connectivity index (χ4v) is 1.71. The van der Waals surface area contributed by atoms with Crippen LogP contribution >= 0.6 is 0 Å². The molecule has 0 saturated heterocycles. The van der Waals surface area contributed by atoms with Crippen LogP contribution in [0.25, 0.3) is 0 Å². The molecule has 102 valence electrons. The molecule has 0 radical (unpaired) electrons. The predicted octanol–water partition coefficient (Wildman–Crippen LogP) is 4.23. The highest BCUT2D eigenvalue weighted by atomic mass is 19.1. The van der Waals surface area contributed by atoms with Crippen molar-refractivity contribution in [3.63, 3.8) is 0 Å². The monoisotopic (exact) mass is 253 g/mol. The number of rotatable bonds is 8. The van der Waals surface area contributed by atoms with Crippen LogP contribution in [0.2, 0.25) is 0 Å². The summed E-state index contributed by atoms with van der Waals surface area (Å²) in [7, 11) is 0. The van der Waals surface area contributed by atoms with Crippen LogP contribution in [-0.4, -0.2) is 6.61 Å². The molecule has 1 N–H and O–H groups in total. The number of hydrogen-bond acceptors (Lipinski definition) is 2. The third kappa shape index (κ3) is 5.61. The van der Waals surface area contributed by atoms with Gasteiger partial charge in [0.2, 0.25) is 0 Å². The largest absolute Gasteiger partial charge is 0.301 e. The van der Waals surface area contributed by atoms with E-state index in [9.17, 15) is 4.39 Å². The summed E-state index contributed by atoms with van der Waals surface area (Å²) in [6, 6.07) is 6.78. The van der Waals surface area contributed by atoms with Crippen molar-refractivity contribution in [2.45, 2.75) is 46.1 Å². The second kappa shape index (κ2) is 8.22. The van der Waals surface area contributed by atoms with Gasteiger partial charge in [0, 0.05) is 0 Å². The Labute approximate surface area is 109 Å². The maximum absolute atomic E-state index is 12.9. The van der Waals surface area contributed by atoms with Crippen LogP contribution in [0.5, 0.6) is 0 Å². The first-order valence-electron chi connectivity index (χ1n) is 6.76. The lowest BCUT2D eigenvalue weighted by atomic mass is 10.0. The Morgan fingerprint density at radius 2 is 1.89 bits per heavy atom. The van der Waals surface area contributed by atoms with Gasteiger partial charge in [0.1, 0.15) is 5.82 Å². The van der Waals surface area contributed by atoms with Gasteiger partial charge in [0.05, 0.1) is 12.6 Å². The molecule has 0 saturated carbocycles. The molecule has 0 aliphatic heterocycles. The van der Waals surface area contributed by atoms with Crippen molar-refractivity contribution in [2.75, 3.05) is 6.61 Å². The summed E-state index contributed by atoms with van der Waals surface area (Å²) in [5.41, 5.74) is 4.18. The molecule has 1 atom stereocenters. The van der Waals surface area contributed by atoms with Crippen molar-refractivity contribution in [2.24, 2.45) is 5.92 Å². The lowest BCUT2D eigenvalue weighted by molar-refractivity contribution is -0.00202. The van der Waals surface area contributed by atoms with Gasteiger partial charge in [-0.25, -0.2) is 4.39 Å². The Bertz CT molecular complexity index is 324. The Morgan fingerprint density at radius 3 is 2.44 bits per heavy atom. The van der Waals surface area contributed by atoms with Crippen molar-refractivity contribution < 1.29 is 9.23 Å². The molecule has 1 rings (SSSR count). The van der Waals surface area contributed by atoms with E-state index in [0.717, 1.165) is 24.8 Å². The first kappa shape index (κ1) is 15.1. The quantitative estimate of drug-likeness (QED) is 0.700. The van der Waals surface area contributed by atoms with Gasteiger partial charge in [-0.05, 0) is 30.0 Å². The van der Waals surface area contributed by atoms with E-state index in [2.05, 4.69) is 26.3 Å². The molecule has 0 aromatic heterocycles. The highest BCUT2D eigenvalue weighted by Crippen LogP contribution is 2.20. The third-order valence-electron chi connectivity index (χ3n) is 2.76. The maximum atomic E-state index is 12.9. The normalized spacial score (nSPS) is 12.9. The Kier molecular flexibility index (Phi) is 6.91. The molecule has 0 heterocycles. The van der Waals surface area contributed by atoms with Crippen molar-refractivity contribution in [1.82, 2.24) is 5.48 Å². The van der Waals surface area contributed by atoms with E-state index in [-0.39, 0.29) is 11.9 Å². The number of hydroxylamine groups is 1. The van der Waals surface area contributed by atoms with Crippen molar-refractivity contribution in [3.05, 3.63) is 35.6 Å². The number of halogens is 1. The second-order valence-corrected chi connectivity index (χ2v) is 5.07. The number of benzene rings is 1. The molecule has 0 aliphatic carbocycles. The molecule has 0 amide bonds. The van der Waals surface area contributed by atoms with E-state index in [1.165, 1.54) is 12.1 Å². The number of nitrogens with one attached hydrogen (secondary N) is 1. The van der Waals surface area contributed by atoms with Crippen LogP contribution in [0.1, 0.15) is 51.6 Å². The van der Waals surface area contributed by atoms with Crippen LogP contribution < -0.4 is 5.48 Å². The Balaban J connectivity index is 2.56. The van der Waals surface area contributed by atoms with Gasteiger partial charge < -0.3 is 4.84 Å². The average Bonchev–Trinajstić information content (AvgIpc) is 2.34. The SMILES string of the molecule is CCCCC(NOCC(C)C)c1ccc(F)cc1. The fraction of sp³-hybridized carbons (Fsp3) is 0.600. The van der Waals surface area contributed by atoms with Gasteiger partial charge in [-0.15, -0.1) is 0 Å². The van der Waals surface area contributed by atoms with Crippen LogP contribution in [-0.2, 0) is 4.84 Å². The Morgan fingerprint density at radius 1 is 1.22 bits per heavy atom. The summed E-state index contributed by atoms with van der Waals surface area (Å²) in [4.78, 5) is 5.50. The molecule has 0 fully saturated rings. The minimum Gasteiger partial charge on any atom is -0.301 e. The van der Waals surface area contributed by atoms with Crippen LogP contribution in [0, 0.1) is 11.7 Å². The molecule has 2 nitrogen and oxygen atoms in total. The van der Waals surface area contributed by atoms with Gasteiger partial charge >= 0.3 is 0 Å². The number of unbranched alkanes of at least 4 members (excludes halogenated alkanes) is 1. The highest BCUT2D eigenvalue weighted by Gasteiger charge is 2.11. The first-order valence-corrected chi connectivity index (χ1v) is 6.76. The lowest BCUT2D eigenvalue weighted by Crippen LogP contribution is -2.23. The molecule has 0 spiro atoms. The van der Waals surface area contributed by atoms with Crippen LogP contribution in [0.3, 0.4) is 0 Å². The minimum absolute atomic E-state index is 0.143. The molecule has 1 unspecified atom stereocenters. The summed E-state index contributed by atoms with van der Waals surface area (Å²) < 4.78 is 12.9. The lowest BCUT2D eigenvalue weighted by Gasteiger charge is -2.19. The topological polar surface area (TPSA) is 21.3 Å². The molecule has 3 heteroatoms. The molecule has 18 heavy (non-hydrogen) atoms. The maximum Gasteiger partial charge on any atom is 0.123 e. The molecular formula is C15H24FNO. The van der Waals surface area contributed by atoms with E-state index in [4.69, 9.17) is 4.84 Å². The van der Waals surface area contributed by atoms with Crippen molar-refractivity contribution in [1.29, 1.82) is 0 Å². The molecule has 0 aliphatic rings. The first-order chi connectivity index (χ1) is 8.63. The van der Waals surface area contributed by atoms with Crippen molar-refractivity contribution in [3.8, 4) is 0 Å². The van der Waals surface area contributed by atoms with Crippen LogP contribution in [0.4, 0.5) is 4.39 Å². The van der Waals surface area contributed by atoms with Crippen LogP contribution in [0.15, 0.2) is 24.3 Å². The summed E-state index contributed by atoms with van der Waals surface area (Å²) in [5.74, 6) is 0.300. The van der Waals surface area contributed by atoms with Gasteiger partial charge in [0.15, 0.2) is 0 Å². The van der Waals surface area contributed by atoms with Gasteiger partial charge in [-0.3, -0.25) is 0 Å². The third-order valence-corrected chi connectivity index (χ3v) is 2.76. The van der Waals surface area contributed by atoms with E-state index in [1.54, 1.807) is 0 Å². The predicted molar refractivity (Wildman–Crippen MR) is 72.6 cm³/mol. The van der Waals surface area contributed by atoms with E-state index >= 15 is 0 Å². The van der Waals surface area contributed by atoms with Gasteiger partial charge in [-0.1, -0.05) is 45.7 Å². The van der Waals surface area contributed by atoms with E-state index < -0.39 is 0 Å². The zero-order chi connectivity index (χ0) is 13.4. The summed E-state index contributed by atoms with van der Waals surface area (Å²) in [5, 5.41) is 0. The second-order valence-electron chi connectivity index (χ2n) is 5.07. The minimum atomic E-state index is -0.198. The van der Waals surface area contributed by atoms with E-state index in [1.807, 2.05) is 12.1 Å². The summed E-state index contributed by atoms with van der Waals surface area (Å²) in [6.45, 7) is 7.07. The standard InChI is InChI=1S/C15H24FNO/c1-4-5-6-15(17-18-11-12(2)3)13-7-9-14(16)10-8-13/h7-10,12,15,17H,4-6,11H2,1-3H3. The smallest absolute Gasteiger partial charge is 0.123 e. The van der Waals surface area contributed by atoms with Gasteiger partial charge in [-0.2, -0.15) is 5.48 Å². The zero-order valence-electron chi connectivity index (χ0n) is 11.6. The molecule has 1 aromatic carbocycles. The average molecular weight is 253 g/mol. The highest BCUT2D eigenvalue weighted by molar-refractivity contribution is 5.19. The van der Waals surface area contributed by atoms with Crippen molar-refractivity contribution >= 4 is 0 Å². The van der Waals surface area contributed by atoms with Gasteiger partial charge in [0.25, 0.3) is 0 Å². The number of hydrogen-bond donors (Lipinski definition) is 1.